The summed E-state index contributed by atoms with van der Waals surface area (Å²) in [5, 5.41) is 11.5. The molecule has 1 amide bonds. The summed E-state index contributed by atoms with van der Waals surface area (Å²) >= 11 is 7.34. The second-order valence-electron chi connectivity index (χ2n) is 5.15. The molecule has 0 atom stereocenters. The number of ether oxygens (including phenoxy) is 1. The average Bonchev–Trinajstić information content (AvgIpc) is 3.03. The Morgan fingerprint density at radius 1 is 1.23 bits per heavy atom. The van der Waals surface area contributed by atoms with Gasteiger partial charge in [0.1, 0.15) is 9.23 Å². The van der Waals surface area contributed by atoms with Gasteiger partial charge < -0.3 is 19.5 Å². The molecular formula is C16H17N2O5S3-. The minimum absolute atomic E-state index is 0.178. The van der Waals surface area contributed by atoms with Gasteiger partial charge in [0.2, 0.25) is 0 Å². The summed E-state index contributed by atoms with van der Waals surface area (Å²) < 4.78 is 5.24. The van der Waals surface area contributed by atoms with Crippen LogP contribution in [0.1, 0.15) is 20.8 Å². The number of carboxylic acid groups (broad SMARTS) is 1. The minimum atomic E-state index is -1.37. The van der Waals surface area contributed by atoms with E-state index in [-0.39, 0.29) is 10.3 Å². The number of hydrogen-bond donors (Lipinski definition) is 0. The number of carbonyl (C=O) groups excluding carboxylic acids is 3. The number of carbonyl (C=O) groups is 3. The van der Waals surface area contributed by atoms with Gasteiger partial charge in [0, 0.05) is 12.2 Å². The van der Waals surface area contributed by atoms with Crippen molar-refractivity contribution in [3.8, 4) is 0 Å². The van der Waals surface area contributed by atoms with E-state index in [0.29, 0.717) is 23.0 Å². The van der Waals surface area contributed by atoms with Gasteiger partial charge in [0.25, 0.3) is 5.91 Å². The van der Waals surface area contributed by atoms with Crippen LogP contribution in [0, 0.1) is 0 Å². The Morgan fingerprint density at radius 2 is 1.92 bits per heavy atom. The Kier molecular flexibility index (Phi) is 6.90. The molecule has 140 valence electrons. The van der Waals surface area contributed by atoms with Crippen molar-refractivity contribution in [2.24, 2.45) is 0 Å². The molecule has 0 spiro atoms. The van der Waals surface area contributed by atoms with Crippen molar-refractivity contribution in [3.05, 3.63) is 32.7 Å². The highest BCUT2D eigenvalue weighted by atomic mass is 32.2. The zero-order valence-electron chi connectivity index (χ0n) is 14.4. The van der Waals surface area contributed by atoms with Crippen LogP contribution in [-0.4, -0.2) is 51.7 Å². The van der Waals surface area contributed by atoms with Crippen molar-refractivity contribution in [1.82, 2.24) is 9.80 Å². The number of nitrogens with zero attached hydrogens (tertiary/aromatic N) is 2. The number of amides is 1. The van der Waals surface area contributed by atoms with E-state index in [9.17, 15) is 19.5 Å². The maximum absolute atomic E-state index is 12.3. The van der Waals surface area contributed by atoms with Gasteiger partial charge in [-0.25, -0.2) is 4.79 Å². The Morgan fingerprint density at radius 3 is 2.50 bits per heavy atom. The Labute approximate surface area is 165 Å². The molecule has 10 heteroatoms. The van der Waals surface area contributed by atoms with E-state index in [4.69, 9.17) is 17.0 Å². The standard InChI is InChI=1S/C16H18N2O5S3/c1-4-17-9(3)13(15(22)23-5-2)26-11(17)7-6-10-14(21)18(8-12(19)20)16(24)25-10/h6-7H,4-5,8H2,1-3H3,(H,19,20)/p-1/b10-6+,11-7-. The van der Waals surface area contributed by atoms with Gasteiger partial charge in [-0.1, -0.05) is 35.7 Å². The van der Waals surface area contributed by atoms with Crippen LogP contribution in [0.2, 0.25) is 0 Å². The molecule has 0 radical (unpaired) electrons. The number of hydrogen-bond acceptors (Lipinski definition) is 9. The quantitative estimate of drug-likeness (QED) is 0.362. The van der Waals surface area contributed by atoms with Crippen LogP contribution in [0.25, 0.3) is 0 Å². The lowest BCUT2D eigenvalue weighted by atomic mass is 10.3. The zero-order valence-corrected chi connectivity index (χ0v) is 16.9. The van der Waals surface area contributed by atoms with Crippen molar-refractivity contribution in [2.75, 3.05) is 19.7 Å². The lowest BCUT2D eigenvalue weighted by Gasteiger charge is -2.18. The fourth-order valence-electron chi connectivity index (χ4n) is 2.35. The van der Waals surface area contributed by atoms with E-state index in [1.54, 1.807) is 19.1 Å². The molecule has 0 unspecified atom stereocenters. The molecule has 2 heterocycles. The SMILES string of the molecule is CCOC(=O)C1=C(C)N(CC)/C(=C/C=C2/SC(=S)N(CC(=O)[O-])C2=O)S1. The summed E-state index contributed by atoms with van der Waals surface area (Å²) in [5.74, 6) is -2.22. The van der Waals surface area contributed by atoms with Crippen LogP contribution < -0.4 is 5.11 Å². The molecule has 0 bridgehead atoms. The molecule has 2 rings (SSSR count). The second kappa shape index (κ2) is 8.74. The summed E-state index contributed by atoms with van der Waals surface area (Å²) in [5.41, 5.74) is 0.792. The van der Waals surface area contributed by atoms with E-state index in [2.05, 4.69) is 0 Å². The molecule has 2 aliphatic rings. The van der Waals surface area contributed by atoms with Crippen LogP contribution in [0.3, 0.4) is 0 Å². The predicted molar refractivity (Wildman–Crippen MR) is 102 cm³/mol. The summed E-state index contributed by atoms with van der Waals surface area (Å²) in [6, 6.07) is 0. The average molecular weight is 414 g/mol. The molecule has 0 aromatic rings. The Bertz CT molecular complexity index is 757. The van der Waals surface area contributed by atoms with Crippen LogP contribution in [0.4, 0.5) is 0 Å². The van der Waals surface area contributed by atoms with Gasteiger partial charge in [0.15, 0.2) is 0 Å². The lowest BCUT2D eigenvalue weighted by molar-refractivity contribution is -0.305. The maximum Gasteiger partial charge on any atom is 0.346 e. The molecule has 0 aromatic carbocycles. The first-order valence-electron chi connectivity index (χ1n) is 7.79. The number of allylic oxidation sites excluding steroid dienone is 3. The molecule has 1 fully saturated rings. The third-order valence-corrected chi connectivity index (χ3v) is 6.15. The maximum atomic E-state index is 12.3. The van der Waals surface area contributed by atoms with Crippen molar-refractivity contribution >= 4 is 57.9 Å². The van der Waals surface area contributed by atoms with E-state index < -0.39 is 18.4 Å². The molecule has 0 saturated carbocycles. The third-order valence-electron chi connectivity index (χ3n) is 3.52. The van der Waals surface area contributed by atoms with Crippen molar-refractivity contribution in [3.63, 3.8) is 0 Å². The number of thioether (sulfide) groups is 2. The van der Waals surface area contributed by atoms with Crippen LogP contribution in [0.15, 0.2) is 32.7 Å². The summed E-state index contributed by atoms with van der Waals surface area (Å²) in [6.45, 7) is 5.90. The van der Waals surface area contributed by atoms with Crippen molar-refractivity contribution in [1.29, 1.82) is 0 Å². The topological polar surface area (TPSA) is 90.0 Å². The van der Waals surface area contributed by atoms with Gasteiger partial charge in [-0.15, -0.1) is 0 Å². The first-order chi connectivity index (χ1) is 12.3. The van der Waals surface area contributed by atoms with E-state index in [0.717, 1.165) is 27.4 Å². The van der Waals surface area contributed by atoms with Gasteiger partial charge >= 0.3 is 5.97 Å². The molecule has 7 nitrogen and oxygen atoms in total. The third kappa shape index (κ3) is 4.30. The van der Waals surface area contributed by atoms with Crippen molar-refractivity contribution < 1.29 is 24.2 Å². The lowest BCUT2D eigenvalue weighted by Crippen LogP contribution is -2.40. The number of rotatable bonds is 6. The summed E-state index contributed by atoms with van der Waals surface area (Å²) in [6.07, 6.45) is 3.30. The fourth-order valence-corrected chi connectivity index (χ4v) is 4.67. The molecule has 2 aliphatic heterocycles. The first-order valence-corrected chi connectivity index (χ1v) is 9.83. The van der Waals surface area contributed by atoms with Gasteiger partial charge in [-0.3, -0.25) is 9.69 Å². The van der Waals surface area contributed by atoms with E-state index >= 15 is 0 Å². The highest BCUT2D eigenvalue weighted by Crippen LogP contribution is 2.42. The van der Waals surface area contributed by atoms with Crippen molar-refractivity contribution in [2.45, 2.75) is 20.8 Å². The van der Waals surface area contributed by atoms with Crippen LogP contribution >= 0.6 is 35.7 Å². The summed E-state index contributed by atoms with van der Waals surface area (Å²) in [4.78, 5) is 38.8. The Balaban J connectivity index is 2.21. The monoisotopic (exact) mass is 413 g/mol. The molecule has 26 heavy (non-hydrogen) atoms. The van der Waals surface area contributed by atoms with Gasteiger partial charge in [-0.05, 0) is 32.9 Å². The molecular weight excluding hydrogens is 396 g/mol. The summed E-state index contributed by atoms with van der Waals surface area (Å²) in [7, 11) is 0. The molecule has 1 saturated heterocycles. The van der Waals surface area contributed by atoms with Gasteiger partial charge in [0.05, 0.1) is 29.1 Å². The minimum Gasteiger partial charge on any atom is -0.548 e. The van der Waals surface area contributed by atoms with E-state index in [1.165, 1.54) is 11.8 Å². The zero-order chi connectivity index (χ0) is 19.4. The first kappa shape index (κ1) is 20.5. The predicted octanol–water partition coefficient (Wildman–Crippen LogP) is 1.19. The normalized spacial score (nSPS) is 20.7. The van der Waals surface area contributed by atoms with E-state index in [1.807, 2.05) is 18.7 Å². The van der Waals surface area contributed by atoms with Gasteiger partial charge in [-0.2, -0.15) is 0 Å². The number of carboxylic acids is 1. The second-order valence-corrected chi connectivity index (χ2v) is 7.85. The number of esters is 1. The van der Waals surface area contributed by atoms with Crippen LogP contribution in [0.5, 0.6) is 0 Å². The number of aliphatic carboxylic acids is 1. The molecule has 0 aliphatic carbocycles. The molecule has 0 N–H and O–H groups in total. The highest BCUT2D eigenvalue weighted by molar-refractivity contribution is 8.26. The fraction of sp³-hybridized carbons (Fsp3) is 0.375. The van der Waals surface area contributed by atoms with Crippen LogP contribution in [-0.2, 0) is 19.1 Å². The smallest absolute Gasteiger partial charge is 0.346 e. The molecule has 0 aromatic heterocycles. The Hall–Kier alpha value is -1.78. The highest BCUT2D eigenvalue weighted by Gasteiger charge is 2.32. The number of thiocarbonyl (C=S) groups is 1. The largest absolute Gasteiger partial charge is 0.548 e.